The summed E-state index contributed by atoms with van der Waals surface area (Å²) in [6.07, 6.45) is 0. The zero-order chi connectivity index (χ0) is 8.27. The van der Waals surface area contributed by atoms with Crippen LogP contribution in [-0.2, 0) is 11.3 Å². The quantitative estimate of drug-likeness (QED) is 0.702. The van der Waals surface area contributed by atoms with Crippen LogP contribution >= 0.6 is 11.6 Å². The minimum Gasteiger partial charge on any atom is -0.289 e. The van der Waals surface area contributed by atoms with Crippen molar-refractivity contribution >= 4 is 28.6 Å². The van der Waals surface area contributed by atoms with Gasteiger partial charge in [0.15, 0.2) is 0 Å². The fraction of sp³-hybridized carbons (Fsp3) is 0. The van der Waals surface area contributed by atoms with E-state index in [1.807, 2.05) is 0 Å². The van der Waals surface area contributed by atoms with E-state index in [2.05, 4.69) is 4.72 Å². The van der Waals surface area contributed by atoms with E-state index in [1.165, 1.54) is 0 Å². The van der Waals surface area contributed by atoms with Crippen molar-refractivity contribution in [3.63, 3.8) is 0 Å². The summed E-state index contributed by atoms with van der Waals surface area (Å²) in [5.74, 6) is 0. The zero-order valence-electron chi connectivity index (χ0n) is 5.45. The van der Waals surface area contributed by atoms with Crippen LogP contribution in [0.4, 0.5) is 5.69 Å². The Morgan fingerprint density at radius 2 is 2.09 bits per heavy atom. The van der Waals surface area contributed by atoms with Gasteiger partial charge in [-0.25, -0.2) is 4.21 Å². The first kappa shape index (κ1) is 8.52. The van der Waals surface area contributed by atoms with Gasteiger partial charge in [-0.15, -0.1) is 0 Å². The summed E-state index contributed by atoms with van der Waals surface area (Å²) in [4.78, 5) is 0. The maximum Gasteiger partial charge on any atom is 0.259 e. The molecular formula is C6H6ClNO2S. The lowest BCUT2D eigenvalue weighted by molar-refractivity contribution is 0.570. The molecule has 0 aliphatic rings. The molecule has 2 N–H and O–H groups in total. The van der Waals surface area contributed by atoms with E-state index < -0.39 is 11.3 Å². The molecule has 0 saturated carbocycles. The van der Waals surface area contributed by atoms with E-state index in [0.717, 1.165) is 0 Å². The van der Waals surface area contributed by atoms with Crippen molar-refractivity contribution in [3.05, 3.63) is 29.3 Å². The zero-order valence-corrected chi connectivity index (χ0v) is 7.02. The molecular weight excluding hydrogens is 186 g/mol. The van der Waals surface area contributed by atoms with Gasteiger partial charge in [0.05, 0.1) is 10.7 Å². The van der Waals surface area contributed by atoms with Gasteiger partial charge in [0.25, 0.3) is 11.3 Å². The molecule has 0 fully saturated rings. The lowest BCUT2D eigenvalue weighted by Crippen LogP contribution is -2.01. The number of hydrogen-bond acceptors (Lipinski definition) is 1. The first-order chi connectivity index (χ1) is 5.20. The first-order valence-corrected chi connectivity index (χ1v) is 4.30. The fourth-order valence-electron chi connectivity index (χ4n) is 0.638. The SMILES string of the molecule is O=S(O)Nc1ccccc1Cl. The lowest BCUT2D eigenvalue weighted by atomic mass is 10.3. The molecule has 0 saturated heterocycles. The van der Waals surface area contributed by atoms with Gasteiger partial charge in [-0.2, -0.15) is 0 Å². The van der Waals surface area contributed by atoms with Crippen molar-refractivity contribution < 1.29 is 8.76 Å². The van der Waals surface area contributed by atoms with Crippen LogP contribution < -0.4 is 4.72 Å². The van der Waals surface area contributed by atoms with E-state index in [1.54, 1.807) is 24.3 Å². The highest BCUT2D eigenvalue weighted by Crippen LogP contribution is 2.20. The molecule has 1 rings (SSSR count). The van der Waals surface area contributed by atoms with Gasteiger partial charge >= 0.3 is 0 Å². The van der Waals surface area contributed by atoms with Crippen LogP contribution in [0.25, 0.3) is 0 Å². The fourth-order valence-corrected chi connectivity index (χ4v) is 1.24. The molecule has 1 atom stereocenters. The minimum absolute atomic E-state index is 0.426. The Hall–Kier alpha value is -0.580. The molecule has 0 radical (unpaired) electrons. The van der Waals surface area contributed by atoms with Gasteiger partial charge in [0, 0.05) is 0 Å². The molecule has 1 unspecified atom stereocenters. The topological polar surface area (TPSA) is 49.3 Å². The van der Waals surface area contributed by atoms with Crippen LogP contribution in [0.5, 0.6) is 0 Å². The van der Waals surface area contributed by atoms with Gasteiger partial charge in [0.2, 0.25) is 0 Å². The normalized spacial score (nSPS) is 12.5. The molecule has 60 valence electrons. The molecule has 1 aromatic rings. The van der Waals surface area contributed by atoms with Crippen LogP contribution in [-0.4, -0.2) is 8.76 Å². The maximum absolute atomic E-state index is 10.3. The van der Waals surface area contributed by atoms with Gasteiger partial charge in [0.1, 0.15) is 0 Å². The summed E-state index contributed by atoms with van der Waals surface area (Å²) >= 11 is 3.60. The second-order valence-electron chi connectivity index (χ2n) is 1.83. The summed E-state index contributed by atoms with van der Waals surface area (Å²) in [5, 5.41) is 0.426. The summed E-state index contributed by atoms with van der Waals surface area (Å²) in [5.41, 5.74) is 0.454. The molecule has 11 heavy (non-hydrogen) atoms. The highest BCUT2D eigenvalue weighted by molar-refractivity contribution is 7.80. The average molecular weight is 192 g/mol. The van der Waals surface area contributed by atoms with E-state index in [4.69, 9.17) is 16.2 Å². The Labute approximate surface area is 71.8 Å². The highest BCUT2D eigenvalue weighted by Gasteiger charge is 1.98. The second kappa shape index (κ2) is 3.71. The minimum atomic E-state index is -2.06. The Kier molecular flexibility index (Phi) is 2.87. The molecule has 1 aromatic carbocycles. The molecule has 0 aliphatic carbocycles. The number of benzene rings is 1. The van der Waals surface area contributed by atoms with Gasteiger partial charge in [-0.1, -0.05) is 23.7 Å². The molecule has 0 bridgehead atoms. The summed E-state index contributed by atoms with van der Waals surface area (Å²) in [6, 6.07) is 6.72. The molecule has 5 heteroatoms. The standard InChI is InChI=1S/C6H6ClNO2S/c7-5-3-1-2-4-6(5)8-11(9)10/h1-4,8H,(H,9,10). The van der Waals surface area contributed by atoms with Gasteiger partial charge < -0.3 is 0 Å². The monoisotopic (exact) mass is 191 g/mol. The number of anilines is 1. The maximum atomic E-state index is 10.3. The van der Waals surface area contributed by atoms with Gasteiger partial charge in [-0.3, -0.25) is 9.27 Å². The van der Waals surface area contributed by atoms with E-state index >= 15 is 0 Å². The summed E-state index contributed by atoms with van der Waals surface area (Å²) in [7, 11) is 0. The predicted molar refractivity (Wildman–Crippen MR) is 45.8 cm³/mol. The van der Waals surface area contributed by atoms with Crippen molar-refractivity contribution in [3.8, 4) is 0 Å². The number of nitrogens with one attached hydrogen (secondary N) is 1. The van der Waals surface area contributed by atoms with Crippen LogP contribution in [0.3, 0.4) is 0 Å². The van der Waals surface area contributed by atoms with Crippen LogP contribution in [0.2, 0.25) is 5.02 Å². The van der Waals surface area contributed by atoms with Crippen molar-refractivity contribution in [2.45, 2.75) is 0 Å². The molecule has 3 nitrogen and oxygen atoms in total. The van der Waals surface area contributed by atoms with Crippen LogP contribution in [0.1, 0.15) is 0 Å². The third-order valence-electron chi connectivity index (χ3n) is 1.07. The number of rotatable bonds is 2. The molecule has 0 amide bonds. The van der Waals surface area contributed by atoms with E-state index in [0.29, 0.717) is 10.7 Å². The third-order valence-corrected chi connectivity index (χ3v) is 1.80. The lowest BCUT2D eigenvalue weighted by Gasteiger charge is -2.01. The van der Waals surface area contributed by atoms with Crippen LogP contribution in [0.15, 0.2) is 24.3 Å². The summed E-state index contributed by atoms with van der Waals surface area (Å²) in [6.45, 7) is 0. The highest BCUT2D eigenvalue weighted by atomic mass is 35.5. The third kappa shape index (κ3) is 2.49. The largest absolute Gasteiger partial charge is 0.289 e. The first-order valence-electron chi connectivity index (χ1n) is 2.82. The van der Waals surface area contributed by atoms with Crippen molar-refractivity contribution in [1.82, 2.24) is 0 Å². The summed E-state index contributed by atoms with van der Waals surface area (Å²) < 4.78 is 21.0. The van der Waals surface area contributed by atoms with Crippen LogP contribution in [0, 0.1) is 0 Å². The Balaban J connectivity index is 2.86. The molecule has 0 heterocycles. The van der Waals surface area contributed by atoms with E-state index in [-0.39, 0.29) is 0 Å². The van der Waals surface area contributed by atoms with Crippen molar-refractivity contribution in [2.75, 3.05) is 4.72 Å². The van der Waals surface area contributed by atoms with Gasteiger partial charge in [-0.05, 0) is 12.1 Å². The van der Waals surface area contributed by atoms with Crippen molar-refractivity contribution in [1.29, 1.82) is 0 Å². The smallest absolute Gasteiger partial charge is 0.259 e. The predicted octanol–water partition coefficient (Wildman–Crippen LogP) is 1.89. The number of para-hydroxylation sites is 1. The molecule has 0 aliphatic heterocycles. The number of halogens is 1. The molecule has 0 spiro atoms. The second-order valence-corrected chi connectivity index (χ2v) is 2.94. The van der Waals surface area contributed by atoms with E-state index in [9.17, 15) is 4.21 Å². The molecule has 0 aromatic heterocycles. The average Bonchev–Trinajstić information content (AvgIpc) is 1.93. The Bertz CT molecular complexity index is 279. The Morgan fingerprint density at radius 1 is 1.45 bits per heavy atom. The number of hydrogen-bond donors (Lipinski definition) is 2. The van der Waals surface area contributed by atoms with Crippen molar-refractivity contribution in [2.24, 2.45) is 0 Å². The Morgan fingerprint density at radius 3 is 2.64 bits per heavy atom.